The van der Waals surface area contributed by atoms with Gasteiger partial charge in [-0.15, -0.1) is 0 Å². The van der Waals surface area contributed by atoms with Crippen LogP contribution in [0.4, 0.5) is 0 Å². The van der Waals surface area contributed by atoms with Gasteiger partial charge in [0, 0.05) is 56.1 Å². The van der Waals surface area contributed by atoms with Crippen molar-refractivity contribution in [3.63, 3.8) is 0 Å². The topological polar surface area (TPSA) is 41.4 Å². The van der Waals surface area contributed by atoms with E-state index >= 15 is 0 Å². The van der Waals surface area contributed by atoms with Crippen molar-refractivity contribution in [1.29, 1.82) is 0 Å². The Balaban J connectivity index is 1.45. The van der Waals surface area contributed by atoms with Crippen LogP contribution >= 0.6 is 0 Å². The number of nitrogens with zero attached hydrogens (tertiary/aromatic N) is 4. The van der Waals surface area contributed by atoms with E-state index in [4.69, 9.17) is 0 Å². The molecule has 5 rings (SSSR count). The lowest BCUT2D eigenvalue weighted by Gasteiger charge is -2.42. The lowest BCUT2D eigenvalue weighted by atomic mass is 9.82. The summed E-state index contributed by atoms with van der Waals surface area (Å²) in [6.45, 7) is 4.54. The molecule has 2 atom stereocenters. The van der Waals surface area contributed by atoms with Crippen molar-refractivity contribution in [2.45, 2.75) is 32.0 Å². The zero-order chi connectivity index (χ0) is 21.4. The Morgan fingerprint density at radius 3 is 2.61 bits per heavy atom. The van der Waals surface area contributed by atoms with Gasteiger partial charge in [0.2, 0.25) is 0 Å². The number of aromatic nitrogens is 2. The molecule has 2 aliphatic heterocycles. The second-order valence-electron chi connectivity index (χ2n) is 9.30. The quantitative estimate of drug-likeness (QED) is 0.640. The van der Waals surface area contributed by atoms with E-state index < -0.39 is 0 Å². The molecule has 0 radical (unpaired) electrons. The molecule has 0 N–H and O–H groups in total. The molecule has 0 aliphatic carbocycles. The van der Waals surface area contributed by atoms with Crippen LogP contribution < -0.4 is 5.56 Å². The standard InChI is InChI=1S/C26H30N4O/c1-28(2)16-20-7-3-4-9-23(20)24-10-11-25-21-13-19(15-30(25)26(24)31)14-29(17-21)18-22-8-5-6-12-27-22/h3-12,19,21H,13-18H2,1-2H3/t19-,21-/m1/s1. The van der Waals surface area contributed by atoms with Crippen LogP contribution in [0.5, 0.6) is 0 Å². The maximum absolute atomic E-state index is 13.6. The zero-order valence-electron chi connectivity index (χ0n) is 18.4. The molecule has 1 aromatic carbocycles. The number of fused-ring (bicyclic) bond motifs is 4. The molecule has 2 bridgehead atoms. The molecule has 4 heterocycles. The molecule has 2 aliphatic rings. The highest BCUT2D eigenvalue weighted by Crippen LogP contribution is 2.36. The fraction of sp³-hybridized carbons (Fsp3) is 0.385. The third-order valence-electron chi connectivity index (χ3n) is 6.59. The molecule has 3 aromatic rings. The van der Waals surface area contributed by atoms with Gasteiger partial charge in [0.1, 0.15) is 0 Å². The minimum Gasteiger partial charge on any atom is -0.311 e. The van der Waals surface area contributed by atoms with Crippen molar-refractivity contribution in [1.82, 2.24) is 19.4 Å². The van der Waals surface area contributed by atoms with Gasteiger partial charge in [-0.2, -0.15) is 0 Å². The van der Waals surface area contributed by atoms with E-state index in [0.29, 0.717) is 11.8 Å². The van der Waals surface area contributed by atoms with Gasteiger partial charge >= 0.3 is 0 Å². The van der Waals surface area contributed by atoms with Gasteiger partial charge < -0.3 is 9.47 Å². The average Bonchev–Trinajstić information content (AvgIpc) is 2.75. The maximum Gasteiger partial charge on any atom is 0.258 e. The summed E-state index contributed by atoms with van der Waals surface area (Å²) in [5.41, 5.74) is 5.56. The third kappa shape index (κ3) is 4.08. The van der Waals surface area contributed by atoms with Gasteiger partial charge in [0.05, 0.1) is 5.69 Å². The van der Waals surface area contributed by atoms with E-state index in [1.807, 2.05) is 18.3 Å². The van der Waals surface area contributed by atoms with Crippen molar-refractivity contribution in [2.24, 2.45) is 5.92 Å². The SMILES string of the molecule is CN(C)Cc1ccccc1-c1ccc2n(c1=O)C[C@@H]1C[C@@H]2CN(Cc2ccccn2)C1. The van der Waals surface area contributed by atoms with Gasteiger partial charge in [0.15, 0.2) is 0 Å². The molecule has 5 heteroatoms. The van der Waals surface area contributed by atoms with Crippen LogP contribution in [0.1, 0.15) is 29.3 Å². The molecule has 31 heavy (non-hydrogen) atoms. The highest BCUT2D eigenvalue weighted by atomic mass is 16.1. The van der Waals surface area contributed by atoms with E-state index in [2.05, 4.69) is 75.9 Å². The van der Waals surface area contributed by atoms with Gasteiger partial charge in [0.25, 0.3) is 5.56 Å². The molecule has 0 amide bonds. The molecule has 1 saturated heterocycles. The highest BCUT2D eigenvalue weighted by molar-refractivity contribution is 5.66. The van der Waals surface area contributed by atoms with Crippen molar-refractivity contribution in [2.75, 3.05) is 27.2 Å². The summed E-state index contributed by atoms with van der Waals surface area (Å²) in [7, 11) is 4.13. The molecule has 0 unspecified atom stereocenters. The predicted octanol–water partition coefficient (Wildman–Crippen LogP) is 3.59. The molecular weight excluding hydrogens is 384 g/mol. The summed E-state index contributed by atoms with van der Waals surface area (Å²) in [5.74, 6) is 0.926. The lowest BCUT2D eigenvalue weighted by Crippen LogP contribution is -2.47. The van der Waals surface area contributed by atoms with Crippen molar-refractivity contribution in [3.8, 4) is 11.1 Å². The van der Waals surface area contributed by atoms with Crippen molar-refractivity contribution in [3.05, 3.63) is 88.1 Å². The molecular formula is C26H30N4O. The first-order chi connectivity index (χ1) is 15.1. The molecule has 160 valence electrons. The number of pyridine rings is 2. The van der Waals surface area contributed by atoms with Crippen molar-refractivity contribution >= 4 is 0 Å². The Bertz CT molecular complexity index is 1120. The third-order valence-corrected chi connectivity index (χ3v) is 6.59. The first-order valence-electron chi connectivity index (χ1n) is 11.2. The first-order valence-corrected chi connectivity index (χ1v) is 11.2. The highest BCUT2D eigenvalue weighted by Gasteiger charge is 2.35. The number of benzene rings is 1. The first kappa shape index (κ1) is 20.2. The normalized spacial score (nSPS) is 20.6. The number of rotatable bonds is 5. The molecule has 2 aromatic heterocycles. The van der Waals surface area contributed by atoms with E-state index in [1.165, 1.54) is 17.7 Å². The molecule has 1 fully saturated rings. The van der Waals surface area contributed by atoms with Crippen LogP contribution in [0, 0.1) is 5.92 Å². The Morgan fingerprint density at radius 1 is 0.968 bits per heavy atom. The second-order valence-corrected chi connectivity index (χ2v) is 9.30. The molecule has 0 spiro atoms. The van der Waals surface area contributed by atoms with E-state index in [9.17, 15) is 4.79 Å². The summed E-state index contributed by atoms with van der Waals surface area (Å²) in [5, 5.41) is 0. The van der Waals surface area contributed by atoms with E-state index in [-0.39, 0.29) is 5.56 Å². The number of likely N-dealkylation sites (tertiary alicyclic amines) is 1. The number of piperidine rings is 1. The zero-order valence-corrected chi connectivity index (χ0v) is 18.4. The second kappa shape index (κ2) is 8.40. The van der Waals surface area contributed by atoms with Crippen LogP contribution in [0.2, 0.25) is 0 Å². The maximum atomic E-state index is 13.6. The Kier molecular flexibility index (Phi) is 5.47. The van der Waals surface area contributed by atoms with Gasteiger partial charge in [-0.3, -0.25) is 14.7 Å². The Labute approximate surface area is 184 Å². The Hall–Kier alpha value is -2.76. The summed E-state index contributed by atoms with van der Waals surface area (Å²) in [6, 6.07) is 18.7. The minimum atomic E-state index is 0.164. The molecule has 0 saturated carbocycles. The fourth-order valence-electron chi connectivity index (χ4n) is 5.36. The van der Waals surface area contributed by atoms with Crippen LogP contribution in [0.15, 0.2) is 65.6 Å². The summed E-state index contributed by atoms with van der Waals surface area (Å²) >= 11 is 0. The van der Waals surface area contributed by atoms with Gasteiger partial charge in [-0.25, -0.2) is 0 Å². The van der Waals surface area contributed by atoms with Crippen LogP contribution in [0.3, 0.4) is 0 Å². The van der Waals surface area contributed by atoms with Crippen LogP contribution in [-0.2, 0) is 19.6 Å². The average molecular weight is 415 g/mol. The predicted molar refractivity (Wildman–Crippen MR) is 124 cm³/mol. The fourth-order valence-corrected chi connectivity index (χ4v) is 5.36. The van der Waals surface area contributed by atoms with E-state index in [1.54, 1.807) is 0 Å². The summed E-state index contributed by atoms with van der Waals surface area (Å²) in [6.07, 6.45) is 3.04. The largest absolute Gasteiger partial charge is 0.311 e. The number of hydrogen-bond donors (Lipinski definition) is 0. The lowest BCUT2D eigenvalue weighted by molar-refractivity contribution is 0.113. The van der Waals surface area contributed by atoms with E-state index in [0.717, 1.165) is 49.5 Å². The summed E-state index contributed by atoms with van der Waals surface area (Å²) in [4.78, 5) is 22.7. The smallest absolute Gasteiger partial charge is 0.258 e. The minimum absolute atomic E-state index is 0.164. The number of hydrogen-bond acceptors (Lipinski definition) is 4. The van der Waals surface area contributed by atoms with Crippen LogP contribution in [-0.4, -0.2) is 46.5 Å². The van der Waals surface area contributed by atoms with Crippen molar-refractivity contribution < 1.29 is 0 Å². The Morgan fingerprint density at radius 2 is 1.81 bits per heavy atom. The monoisotopic (exact) mass is 414 g/mol. The van der Waals surface area contributed by atoms with Gasteiger partial charge in [-0.05, 0) is 61.8 Å². The molecule has 5 nitrogen and oxygen atoms in total. The van der Waals surface area contributed by atoms with Crippen LogP contribution in [0.25, 0.3) is 11.1 Å². The summed E-state index contributed by atoms with van der Waals surface area (Å²) < 4.78 is 2.07. The van der Waals surface area contributed by atoms with Gasteiger partial charge in [-0.1, -0.05) is 30.3 Å².